The van der Waals surface area contributed by atoms with Crippen molar-refractivity contribution >= 4 is 27.7 Å². The summed E-state index contributed by atoms with van der Waals surface area (Å²) < 4.78 is 33.1. The lowest BCUT2D eigenvalue weighted by Gasteiger charge is -2.34. The van der Waals surface area contributed by atoms with Crippen LogP contribution in [0.15, 0.2) is 64.4 Å². The number of nitrogens with zero attached hydrogens (tertiary/aromatic N) is 1. The molecule has 0 saturated carbocycles. The molecule has 2 aromatic carbocycles. The van der Waals surface area contributed by atoms with Crippen molar-refractivity contribution in [1.29, 1.82) is 0 Å². The van der Waals surface area contributed by atoms with Crippen LogP contribution in [0.25, 0.3) is 0 Å². The van der Waals surface area contributed by atoms with Crippen molar-refractivity contribution in [3.63, 3.8) is 0 Å². The summed E-state index contributed by atoms with van der Waals surface area (Å²) in [5.74, 6) is 0.632. The number of amides is 1. The van der Waals surface area contributed by atoms with Crippen molar-refractivity contribution in [2.75, 3.05) is 25.4 Å². The molecular formula is C22H28N2O4S2. The highest BCUT2D eigenvalue weighted by atomic mass is 32.2. The van der Waals surface area contributed by atoms with Crippen molar-refractivity contribution in [3.8, 4) is 0 Å². The van der Waals surface area contributed by atoms with E-state index in [0.29, 0.717) is 25.2 Å². The molecule has 162 valence electrons. The first kappa shape index (κ1) is 22.8. The quantitative estimate of drug-likeness (QED) is 0.495. The number of nitrogens with one attached hydrogen (secondary N) is 1. The second-order valence-electron chi connectivity index (χ2n) is 7.38. The Labute approximate surface area is 183 Å². The minimum Gasteiger partial charge on any atom is -0.373 e. The van der Waals surface area contributed by atoms with Gasteiger partial charge in [0.05, 0.1) is 17.1 Å². The number of carbonyl (C=O) groups excluding carboxylic acids is 1. The van der Waals surface area contributed by atoms with Crippen LogP contribution in [-0.4, -0.2) is 56.2 Å². The smallest absolute Gasteiger partial charge is 0.251 e. The monoisotopic (exact) mass is 448 g/mol. The van der Waals surface area contributed by atoms with Gasteiger partial charge in [0.25, 0.3) is 5.91 Å². The minimum atomic E-state index is -3.67. The molecule has 30 heavy (non-hydrogen) atoms. The highest BCUT2D eigenvalue weighted by Gasteiger charge is 2.32. The Bertz CT molecular complexity index is 941. The molecule has 0 radical (unpaired) electrons. The maximum absolute atomic E-state index is 13.0. The molecule has 2 unspecified atom stereocenters. The fraction of sp³-hybridized carbons (Fsp3) is 0.409. The van der Waals surface area contributed by atoms with Crippen LogP contribution in [0.1, 0.15) is 30.6 Å². The molecule has 1 N–H and O–H groups in total. The summed E-state index contributed by atoms with van der Waals surface area (Å²) in [7, 11) is -3.67. The fourth-order valence-electron chi connectivity index (χ4n) is 3.36. The van der Waals surface area contributed by atoms with E-state index in [9.17, 15) is 13.2 Å². The molecule has 3 rings (SSSR count). The molecule has 1 fully saturated rings. The van der Waals surface area contributed by atoms with Gasteiger partial charge in [-0.15, -0.1) is 11.8 Å². The highest BCUT2D eigenvalue weighted by Crippen LogP contribution is 2.22. The molecule has 0 bridgehead atoms. The Kier molecular flexibility index (Phi) is 7.93. The summed E-state index contributed by atoms with van der Waals surface area (Å²) in [5, 5.41) is 2.88. The van der Waals surface area contributed by atoms with E-state index in [2.05, 4.69) is 17.4 Å². The molecule has 0 aliphatic carbocycles. The van der Waals surface area contributed by atoms with Crippen molar-refractivity contribution in [3.05, 3.63) is 60.2 Å². The number of benzene rings is 2. The van der Waals surface area contributed by atoms with Gasteiger partial charge in [-0.3, -0.25) is 4.79 Å². The third-order valence-corrected chi connectivity index (χ3v) is 7.66. The molecule has 1 heterocycles. The molecule has 1 amide bonds. The van der Waals surface area contributed by atoms with Gasteiger partial charge in [-0.2, -0.15) is 4.31 Å². The van der Waals surface area contributed by atoms with Crippen LogP contribution in [0.4, 0.5) is 0 Å². The van der Waals surface area contributed by atoms with E-state index in [1.165, 1.54) is 21.3 Å². The number of hydrogen-bond donors (Lipinski definition) is 1. The summed E-state index contributed by atoms with van der Waals surface area (Å²) >= 11 is 1.74. The number of thioether (sulfide) groups is 1. The normalized spacial score (nSPS) is 20.1. The second kappa shape index (κ2) is 10.4. The van der Waals surface area contributed by atoms with E-state index in [1.807, 2.05) is 32.0 Å². The first-order valence-electron chi connectivity index (χ1n) is 10.1. The lowest BCUT2D eigenvalue weighted by Crippen LogP contribution is -2.48. The molecule has 1 saturated heterocycles. The molecule has 0 spiro atoms. The summed E-state index contributed by atoms with van der Waals surface area (Å²) in [5.41, 5.74) is 0.348. The number of morpholine rings is 1. The number of ether oxygens (including phenoxy) is 1. The molecule has 6 nitrogen and oxygen atoms in total. The maximum atomic E-state index is 13.0. The van der Waals surface area contributed by atoms with E-state index in [4.69, 9.17) is 4.74 Å². The third kappa shape index (κ3) is 6.07. The minimum absolute atomic E-state index is 0.135. The van der Waals surface area contributed by atoms with Gasteiger partial charge in [0, 0.05) is 30.1 Å². The fourth-order valence-corrected chi connectivity index (χ4v) is 5.87. The van der Waals surface area contributed by atoms with Gasteiger partial charge in [0.1, 0.15) is 0 Å². The van der Waals surface area contributed by atoms with Crippen molar-refractivity contribution in [2.45, 2.75) is 42.3 Å². The van der Waals surface area contributed by atoms with Gasteiger partial charge in [0.15, 0.2) is 0 Å². The molecule has 8 heteroatoms. The molecule has 2 aromatic rings. The largest absolute Gasteiger partial charge is 0.373 e. The van der Waals surface area contributed by atoms with E-state index in [-0.39, 0.29) is 23.0 Å². The first-order chi connectivity index (χ1) is 14.4. The number of sulfonamides is 1. The van der Waals surface area contributed by atoms with E-state index >= 15 is 0 Å². The van der Waals surface area contributed by atoms with Crippen LogP contribution in [-0.2, 0) is 14.8 Å². The lowest BCUT2D eigenvalue weighted by molar-refractivity contribution is -0.0440. The summed E-state index contributed by atoms with van der Waals surface area (Å²) in [6.45, 7) is 4.87. The van der Waals surface area contributed by atoms with Gasteiger partial charge < -0.3 is 10.1 Å². The Morgan fingerprint density at radius 1 is 1.10 bits per heavy atom. The van der Waals surface area contributed by atoms with Crippen molar-refractivity contribution in [1.82, 2.24) is 9.62 Å². The zero-order valence-corrected chi connectivity index (χ0v) is 18.9. The topological polar surface area (TPSA) is 75.7 Å². The SMILES string of the molecule is CC1CN(S(=O)(=O)c2cccc(C(=O)NCCCSc3ccccc3)c2)CC(C)O1. The predicted molar refractivity (Wildman–Crippen MR) is 119 cm³/mol. The molecule has 1 aliphatic heterocycles. The van der Waals surface area contributed by atoms with Gasteiger partial charge >= 0.3 is 0 Å². The summed E-state index contributed by atoms with van der Waals surface area (Å²) in [6, 6.07) is 16.3. The molecule has 2 atom stereocenters. The Hall–Kier alpha value is -1.87. The molecule has 0 aromatic heterocycles. The Morgan fingerprint density at radius 2 is 1.80 bits per heavy atom. The van der Waals surface area contributed by atoms with Gasteiger partial charge in [-0.1, -0.05) is 24.3 Å². The van der Waals surface area contributed by atoms with E-state index in [1.54, 1.807) is 23.9 Å². The second-order valence-corrected chi connectivity index (χ2v) is 10.5. The van der Waals surface area contributed by atoms with Crippen LogP contribution in [0.3, 0.4) is 0 Å². The third-order valence-electron chi connectivity index (χ3n) is 4.74. The van der Waals surface area contributed by atoms with Crippen LogP contribution in [0.2, 0.25) is 0 Å². The van der Waals surface area contributed by atoms with E-state index < -0.39 is 10.0 Å². The molecule has 1 aliphatic rings. The van der Waals surface area contributed by atoms with Crippen molar-refractivity contribution < 1.29 is 17.9 Å². The van der Waals surface area contributed by atoms with Crippen molar-refractivity contribution in [2.24, 2.45) is 0 Å². The zero-order valence-electron chi connectivity index (χ0n) is 17.3. The predicted octanol–water partition coefficient (Wildman–Crippen LogP) is 3.40. The van der Waals surface area contributed by atoms with Gasteiger partial charge in [0.2, 0.25) is 10.0 Å². The number of hydrogen-bond acceptors (Lipinski definition) is 5. The summed E-state index contributed by atoms with van der Waals surface area (Å²) in [4.78, 5) is 13.8. The summed E-state index contributed by atoms with van der Waals surface area (Å²) in [6.07, 6.45) is 0.500. The Morgan fingerprint density at radius 3 is 2.50 bits per heavy atom. The average molecular weight is 449 g/mol. The van der Waals surface area contributed by atoms with Crippen LogP contribution in [0.5, 0.6) is 0 Å². The van der Waals surface area contributed by atoms with Gasteiger partial charge in [-0.05, 0) is 56.4 Å². The maximum Gasteiger partial charge on any atom is 0.251 e. The zero-order chi connectivity index (χ0) is 21.6. The molecular weight excluding hydrogens is 420 g/mol. The van der Waals surface area contributed by atoms with E-state index in [0.717, 1.165) is 12.2 Å². The highest BCUT2D eigenvalue weighted by molar-refractivity contribution is 7.99. The van der Waals surface area contributed by atoms with Gasteiger partial charge in [-0.25, -0.2) is 8.42 Å². The average Bonchev–Trinajstić information content (AvgIpc) is 2.73. The van der Waals surface area contributed by atoms with Crippen LogP contribution < -0.4 is 5.32 Å². The number of carbonyl (C=O) groups is 1. The van der Waals surface area contributed by atoms with Crippen LogP contribution in [0, 0.1) is 0 Å². The standard InChI is InChI=1S/C22H28N2O4S2/c1-17-15-24(16-18(2)28-17)30(26,27)21-11-6-8-19(14-21)22(25)23-12-7-13-29-20-9-4-3-5-10-20/h3-6,8-11,14,17-18H,7,12-13,15-16H2,1-2H3,(H,23,25). The first-order valence-corrected chi connectivity index (χ1v) is 12.5. The number of rotatable bonds is 8. The van der Waals surface area contributed by atoms with Crippen LogP contribution >= 0.6 is 11.8 Å². The Balaban J connectivity index is 1.55. The lowest BCUT2D eigenvalue weighted by atomic mass is 10.2.